The van der Waals surface area contributed by atoms with Gasteiger partial charge in [0, 0.05) is 37.1 Å². The number of nitrogens with zero attached hydrogens (tertiary/aromatic N) is 1. The lowest BCUT2D eigenvalue weighted by atomic mass is 9.93. The molecular formula is C39H46N4O4. The molecule has 246 valence electrons. The number of ether oxygens (including phenoxy) is 1. The smallest absolute Gasteiger partial charge is 0.408 e. The van der Waals surface area contributed by atoms with Gasteiger partial charge in [0.25, 0.3) is 0 Å². The Morgan fingerprint density at radius 1 is 0.894 bits per heavy atom. The van der Waals surface area contributed by atoms with Gasteiger partial charge < -0.3 is 25.3 Å². The quantitative estimate of drug-likeness (QED) is 0.194. The number of amides is 3. The lowest BCUT2D eigenvalue weighted by Gasteiger charge is -2.30. The number of carbonyl (C=O) groups is 3. The summed E-state index contributed by atoms with van der Waals surface area (Å²) in [5.74, 6) is -0.694. The number of rotatable bonds is 9. The van der Waals surface area contributed by atoms with E-state index in [0.717, 1.165) is 29.3 Å². The highest BCUT2D eigenvalue weighted by molar-refractivity contribution is 5.94. The molecule has 0 radical (unpaired) electrons. The lowest BCUT2D eigenvalue weighted by molar-refractivity contribution is -0.136. The molecule has 1 aromatic heterocycles. The summed E-state index contributed by atoms with van der Waals surface area (Å²) in [7, 11) is 1.77. The number of alkyl carbamates (subject to hydrolysis) is 1. The summed E-state index contributed by atoms with van der Waals surface area (Å²) < 4.78 is 5.38. The minimum Gasteiger partial charge on any atom is -0.444 e. The first-order valence-corrected chi connectivity index (χ1v) is 16.3. The molecule has 0 bridgehead atoms. The highest BCUT2D eigenvalue weighted by Crippen LogP contribution is 2.33. The Morgan fingerprint density at radius 2 is 1.49 bits per heavy atom. The molecule has 4 aromatic rings. The zero-order valence-electron chi connectivity index (χ0n) is 28.3. The molecule has 47 heavy (non-hydrogen) atoms. The second-order valence-corrected chi connectivity index (χ2v) is 13.8. The predicted octanol–water partition coefficient (Wildman–Crippen LogP) is 6.58. The van der Waals surface area contributed by atoms with E-state index in [4.69, 9.17) is 4.74 Å². The number of para-hydroxylation sites is 1. The van der Waals surface area contributed by atoms with Gasteiger partial charge >= 0.3 is 6.09 Å². The van der Waals surface area contributed by atoms with Crippen molar-refractivity contribution in [1.29, 1.82) is 0 Å². The van der Waals surface area contributed by atoms with Crippen molar-refractivity contribution < 1.29 is 19.1 Å². The Bertz CT molecular complexity index is 1750. The molecule has 0 unspecified atom stereocenters. The summed E-state index contributed by atoms with van der Waals surface area (Å²) in [5, 5.41) is 6.60. The average molecular weight is 635 g/mol. The van der Waals surface area contributed by atoms with E-state index in [0.29, 0.717) is 13.0 Å². The van der Waals surface area contributed by atoms with Crippen molar-refractivity contribution in [2.45, 2.75) is 77.5 Å². The Morgan fingerprint density at radius 3 is 2.13 bits per heavy atom. The standard InChI is InChI=1S/C39H46N4O4/c1-38(2,3)47-37(46)42-39(4,5)36(45)41-34(24-28-25-40-33-20-12-11-18-31(28)33)35(44)43(6)23-13-19-32-29-16-9-7-14-26(29)21-22-27-15-8-10-17-30(27)32/h7-12,14-20,25,34,40H,13,21-24H2,1-6H3,(H,41,45)(H,42,46)/t34-/m1/s1. The molecule has 8 heteroatoms. The molecule has 8 nitrogen and oxygen atoms in total. The van der Waals surface area contributed by atoms with E-state index in [1.165, 1.54) is 27.8 Å². The topological polar surface area (TPSA) is 104 Å². The van der Waals surface area contributed by atoms with Crippen LogP contribution in [0.3, 0.4) is 0 Å². The van der Waals surface area contributed by atoms with Crippen LogP contribution >= 0.6 is 0 Å². The molecule has 0 saturated carbocycles. The Hall–Kier alpha value is -4.85. The first-order chi connectivity index (χ1) is 22.3. The van der Waals surface area contributed by atoms with E-state index < -0.39 is 29.2 Å². The van der Waals surface area contributed by atoms with E-state index >= 15 is 0 Å². The number of hydrogen-bond acceptors (Lipinski definition) is 4. The zero-order chi connectivity index (χ0) is 33.8. The largest absolute Gasteiger partial charge is 0.444 e. The van der Waals surface area contributed by atoms with Gasteiger partial charge in [-0.15, -0.1) is 0 Å². The molecule has 3 N–H and O–H groups in total. The van der Waals surface area contributed by atoms with Gasteiger partial charge in [-0.25, -0.2) is 4.79 Å². The van der Waals surface area contributed by atoms with E-state index in [1.54, 1.807) is 46.6 Å². The van der Waals surface area contributed by atoms with Crippen LogP contribution in [0.1, 0.15) is 68.9 Å². The molecule has 1 heterocycles. The summed E-state index contributed by atoms with van der Waals surface area (Å²) in [4.78, 5) is 45.2. The average Bonchev–Trinajstić information content (AvgIpc) is 3.35. The molecule has 1 aliphatic carbocycles. The lowest BCUT2D eigenvalue weighted by Crippen LogP contribution is -2.60. The van der Waals surface area contributed by atoms with Gasteiger partial charge in [-0.3, -0.25) is 9.59 Å². The molecule has 0 saturated heterocycles. The minimum atomic E-state index is -1.33. The number of aromatic amines is 1. The molecule has 1 atom stereocenters. The maximum absolute atomic E-state index is 14.1. The van der Waals surface area contributed by atoms with Crippen LogP contribution in [0.4, 0.5) is 4.79 Å². The maximum Gasteiger partial charge on any atom is 0.408 e. The number of carbonyl (C=O) groups excluding carboxylic acids is 3. The Balaban J connectivity index is 1.36. The Labute approximate surface area is 277 Å². The van der Waals surface area contributed by atoms with Gasteiger partial charge in [-0.1, -0.05) is 72.8 Å². The van der Waals surface area contributed by atoms with Gasteiger partial charge in [0.1, 0.15) is 17.2 Å². The Kier molecular flexibility index (Phi) is 9.89. The van der Waals surface area contributed by atoms with Crippen molar-refractivity contribution in [3.8, 4) is 0 Å². The third-order valence-electron chi connectivity index (χ3n) is 8.55. The number of H-pyrrole nitrogens is 1. The van der Waals surface area contributed by atoms with Crippen molar-refractivity contribution in [3.63, 3.8) is 0 Å². The van der Waals surface area contributed by atoms with Crippen LogP contribution in [-0.2, 0) is 33.6 Å². The SMILES string of the molecule is CN(CCC=C1c2ccccc2CCc2ccccc21)C(=O)[C@@H](Cc1c[nH]c2ccccc12)NC(=O)C(C)(C)NC(=O)OC(C)(C)C. The van der Waals surface area contributed by atoms with E-state index in [1.807, 2.05) is 30.5 Å². The fourth-order valence-electron chi connectivity index (χ4n) is 6.09. The van der Waals surface area contributed by atoms with Crippen molar-refractivity contribution in [2.24, 2.45) is 0 Å². The molecule has 0 spiro atoms. The highest BCUT2D eigenvalue weighted by atomic mass is 16.6. The summed E-state index contributed by atoms with van der Waals surface area (Å²) in [5.41, 5.74) is 6.12. The van der Waals surface area contributed by atoms with Crippen molar-refractivity contribution >= 4 is 34.4 Å². The van der Waals surface area contributed by atoms with E-state index in [-0.39, 0.29) is 12.3 Å². The second-order valence-electron chi connectivity index (χ2n) is 13.8. The first kappa shape index (κ1) is 33.5. The van der Waals surface area contributed by atoms with Gasteiger partial charge in [0.05, 0.1) is 0 Å². The maximum atomic E-state index is 14.1. The van der Waals surface area contributed by atoms with Crippen LogP contribution in [0, 0.1) is 0 Å². The van der Waals surface area contributed by atoms with Crippen LogP contribution in [0.5, 0.6) is 0 Å². The molecule has 3 amide bonds. The number of nitrogens with one attached hydrogen (secondary N) is 3. The van der Waals surface area contributed by atoms with Crippen LogP contribution < -0.4 is 10.6 Å². The summed E-state index contributed by atoms with van der Waals surface area (Å²) >= 11 is 0. The number of fused-ring (bicyclic) bond motifs is 3. The van der Waals surface area contributed by atoms with Gasteiger partial charge in [-0.05, 0) is 93.3 Å². The van der Waals surface area contributed by atoms with E-state index in [9.17, 15) is 14.4 Å². The summed E-state index contributed by atoms with van der Waals surface area (Å²) in [6, 6.07) is 24.1. The minimum absolute atomic E-state index is 0.211. The molecule has 5 rings (SSSR count). The number of benzene rings is 3. The van der Waals surface area contributed by atoms with Crippen molar-refractivity contribution in [3.05, 3.63) is 113 Å². The normalized spacial score (nSPS) is 13.5. The van der Waals surface area contributed by atoms with E-state index in [2.05, 4.69) is 70.2 Å². The zero-order valence-corrected chi connectivity index (χ0v) is 28.3. The summed E-state index contributed by atoms with van der Waals surface area (Å²) in [6.45, 7) is 8.93. The van der Waals surface area contributed by atoms with Crippen molar-refractivity contribution in [2.75, 3.05) is 13.6 Å². The number of aromatic nitrogens is 1. The fourth-order valence-corrected chi connectivity index (χ4v) is 6.09. The van der Waals surface area contributed by atoms with Gasteiger partial charge in [0.2, 0.25) is 11.8 Å². The van der Waals surface area contributed by atoms with Gasteiger partial charge in [0.15, 0.2) is 0 Å². The van der Waals surface area contributed by atoms with Crippen LogP contribution in [0.2, 0.25) is 0 Å². The second kappa shape index (κ2) is 13.9. The molecule has 0 fully saturated rings. The van der Waals surface area contributed by atoms with Crippen LogP contribution in [0.25, 0.3) is 16.5 Å². The fraction of sp³-hybridized carbons (Fsp3) is 0.359. The molecule has 1 aliphatic rings. The monoisotopic (exact) mass is 634 g/mol. The van der Waals surface area contributed by atoms with Crippen molar-refractivity contribution in [1.82, 2.24) is 20.5 Å². The number of hydrogen-bond donors (Lipinski definition) is 3. The predicted molar refractivity (Wildman–Crippen MR) is 187 cm³/mol. The molecule has 3 aromatic carbocycles. The highest BCUT2D eigenvalue weighted by Gasteiger charge is 2.35. The first-order valence-electron chi connectivity index (χ1n) is 16.3. The van der Waals surface area contributed by atoms with Gasteiger partial charge in [-0.2, -0.15) is 0 Å². The summed E-state index contributed by atoms with van der Waals surface area (Å²) in [6.07, 6.45) is 6.29. The third kappa shape index (κ3) is 8.12. The number of likely N-dealkylation sites (N-methyl/N-ethyl adjacent to an activating group) is 1. The molecular weight excluding hydrogens is 588 g/mol. The third-order valence-corrected chi connectivity index (χ3v) is 8.55. The van der Waals surface area contributed by atoms with Crippen LogP contribution in [0.15, 0.2) is 85.1 Å². The number of aryl methyl sites for hydroxylation is 2. The molecule has 0 aliphatic heterocycles. The van der Waals surface area contributed by atoms with Crippen LogP contribution in [-0.4, -0.2) is 58.6 Å².